The molecule has 0 saturated carbocycles. The molecule has 0 aliphatic carbocycles. The fourth-order valence-electron chi connectivity index (χ4n) is 2.71. The number of rotatable bonds is 4. The van der Waals surface area contributed by atoms with E-state index in [-0.39, 0.29) is 17.9 Å². The molecule has 1 atom stereocenters. The fraction of sp³-hybridized carbons (Fsp3) is 0.222. The normalized spacial score (nSPS) is 17.0. The molecule has 3 rings (SSSR count). The number of ether oxygens (including phenoxy) is 1. The van der Waals surface area contributed by atoms with Crippen molar-refractivity contribution < 1.29 is 14.3 Å². The molecule has 0 unspecified atom stereocenters. The first kappa shape index (κ1) is 16.5. The molecule has 124 valence electrons. The van der Waals surface area contributed by atoms with Crippen molar-refractivity contribution in [3.8, 4) is 5.75 Å². The summed E-state index contributed by atoms with van der Waals surface area (Å²) in [5.41, 5.74) is 1.37. The molecule has 1 N–H and O–H groups in total. The number of carbonyl (C=O) groups excluding carboxylic acids is 2. The number of anilines is 1. The molecule has 1 saturated heterocycles. The molecule has 1 fully saturated rings. The second-order valence-corrected chi connectivity index (χ2v) is 6.50. The van der Waals surface area contributed by atoms with Gasteiger partial charge in [-0.25, -0.2) is 0 Å². The van der Waals surface area contributed by atoms with Gasteiger partial charge in [0.25, 0.3) is 5.91 Å². The van der Waals surface area contributed by atoms with Gasteiger partial charge in [-0.1, -0.05) is 22.0 Å². The van der Waals surface area contributed by atoms with Crippen LogP contribution in [0.1, 0.15) is 16.8 Å². The number of benzene rings is 2. The maximum atomic E-state index is 12.3. The molecule has 1 heterocycles. The van der Waals surface area contributed by atoms with Crippen molar-refractivity contribution in [2.45, 2.75) is 12.5 Å². The van der Waals surface area contributed by atoms with Gasteiger partial charge in [0.15, 0.2) is 0 Å². The highest BCUT2D eigenvalue weighted by Gasteiger charge is 2.31. The lowest BCUT2D eigenvalue weighted by Crippen LogP contribution is -2.37. The van der Waals surface area contributed by atoms with Gasteiger partial charge in [0.05, 0.1) is 13.2 Å². The Kier molecular flexibility index (Phi) is 4.85. The molecular weight excluding hydrogens is 372 g/mol. The molecule has 2 amide bonds. The van der Waals surface area contributed by atoms with Crippen LogP contribution >= 0.6 is 15.9 Å². The van der Waals surface area contributed by atoms with E-state index < -0.39 is 0 Å². The molecule has 1 aliphatic heterocycles. The van der Waals surface area contributed by atoms with Gasteiger partial charge >= 0.3 is 0 Å². The second kappa shape index (κ2) is 7.05. The van der Waals surface area contributed by atoms with Crippen LogP contribution in [0.15, 0.2) is 53.0 Å². The lowest BCUT2D eigenvalue weighted by molar-refractivity contribution is -0.117. The molecule has 5 nitrogen and oxygen atoms in total. The van der Waals surface area contributed by atoms with E-state index in [1.165, 1.54) is 0 Å². The Labute approximate surface area is 148 Å². The Morgan fingerprint density at radius 1 is 1.25 bits per heavy atom. The standard InChI is InChI=1S/C18H17BrN2O3/c1-24-16-7-5-15(6-8-16)21-11-14(10-17(21)22)20-18(23)12-3-2-4-13(19)9-12/h2-9,14H,10-11H2,1H3,(H,20,23)/t14-/m0/s1. The quantitative estimate of drug-likeness (QED) is 0.875. The van der Waals surface area contributed by atoms with Crippen LogP contribution < -0.4 is 15.0 Å². The third kappa shape index (κ3) is 3.59. The number of nitrogens with zero attached hydrogens (tertiary/aromatic N) is 1. The Bertz CT molecular complexity index is 761. The molecule has 1 aliphatic rings. The van der Waals surface area contributed by atoms with Crippen molar-refractivity contribution in [1.29, 1.82) is 0 Å². The summed E-state index contributed by atoms with van der Waals surface area (Å²) < 4.78 is 5.97. The summed E-state index contributed by atoms with van der Waals surface area (Å²) in [6, 6.07) is 14.3. The minimum absolute atomic E-state index is 0.000269. The largest absolute Gasteiger partial charge is 0.497 e. The molecule has 2 aromatic carbocycles. The summed E-state index contributed by atoms with van der Waals surface area (Å²) in [4.78, 5) is 26.2. The fourth-order valence-corrected chi connectivity index (χ4v) is 3.11. The van der Waals surface area contributed by atoms with Gasteiger partial charge in [-0.3, -0.25) is 9.59 Å². The van der Waals surface area contributed by atoms with Crippen LogP contribution in [0, 0.1) is 0 Å². The number of halogens is 1. The summed E-state index contributed by atoms with van der Waals surface area (Å²) in [6.07, 6.45) is 0.297. The van der Waals surface area contributed by atoms with Crippen LogP contribution in [0.3, 0.4) is 0 Å². The summed E-state index contributed by atoms with van der Waals surface area (Å²) >= 11 is 3.35. The maximum Gasteiger partial charge on any atom is 0.251 e. The molecule has 24 heavy (non-hydrogen) atoms. The number of methoxy groups -OCH3 is 1. The predicted molar refractivity (Wildman–Crippen MR) is 95.4 cm³/mol. The van der Waals surface area contributed by atoms with Crippen molar-refractivity contribution >= 4 is 33.4 Å². The number of carbonyl (C=O) groups is 2. The van der Waals surface area contributed by atoms with E-state index in [4.69, 9.17) is 4.74 Å². The van der Waals surface area contributed by atoms with Crippen molar-refractivity contribution in [1.82, 2.24) is 5.32 Å². The first-order valence-electron chi connectivity index (χ1n) is 7.57. The first-order chi connectivity index (χ1) is 11.6. The third-order valence-electron chi connectivity index (χ3n) is 3.93. The van der Waals surface area contributed by atoms with E-state index in [2.05, 4.69) is 21.2 Å². The van der Waals surface area contributed by atoms with E-state index >= 15 is 0 Å². The molecule has 6 heteroatoms. The number of hydrogen-bond acceptors (Lipinski definition) is 3. The minimum Gasteiger partial charge on any atom is -0.497 e. The van der Waals surface area contributed by atoms with Gasteiger partial charge in [-0.2, -0.15) is 0 Å². The van der Waals surface area contributed by atoms with E-state index in [9.17, 15) is 9.59 Å². The smallest absolute Gasteiger partial charge is 0.251 e. The number of hydrogen-bond donors (Lipinski definition) is 1. The SMILES string of the molecule is COc1ccc(N2C[C@@H](NC(=O)c3cccc(Br)c3)CC2=O)cc1. The molecule has 0 aromatic heterocycles. The van der Waals surface area contributed by atoms with Gasteiger partial charge in [0.1, 0.15) is 5.75 Å². The van der Waals surface area contributed by atoms with Crippen LogP contribution in [0.5, 0.6) is 5.75 Å². The van der Waals surface area contributed by atoms with Crippen LogP contribution in [0.2, 0.25) is 0 Å². The Hall–Kier alpha value is -2.34. The molecule has 0 spiro atoms. The lowest BCUT2D eigenvalue weighted by atomic mass is 10.2. The highest BCUT2D eigenvalue weighted by molar-refractivity contribution is 9.10. The summed E-state index contributed by atoms with van der Waals surface area (Å²) in [5.74, 6) is 0.565. The van der Waals surface area contributed by atoms with Crippen molar-refractivity contribution in [2.75, 3.05) is 18.6 Å². The number of nitrogens with one attached hydrogen (secondary N) is 1. The van der Waals surface area contributed by atoms with Gasteiger partial charge in [-0.05, 0) is 42.5 Å². The van der Waals surface area contributed by atoms with Crippen LogP contribution in [-0.2, 0) is 4.79 Å². The van der Waals surface area contributed by atoms with Crippen LogP contribution in [0.4, 0.5) is 5.69 Å². The highest BCUT2D eigenvalue weighted by Crippen LogP contribution is 2.24. The molecule has 0 bridgehead atoms. The predicted octanol–water partition coefficient (Wildman–Crippen LogP) is 2.99. The monoisotopic (exact) mass is 388 g/mol. The summed E-state index contributed by atoms with van der Waals surface area (Å²) in [6.45, 7) is 0.463. The minimum atomic E-state index is -0.203. The van der Waals surface area contributed by atoms with Crippen molar-refractivity contribution in [3.63, 3.8) is 0 Å². The van der Waals surface area contributed by atoms with E-state index in [0.29, 0.717) is 18.5 Å². The Morgan fingerprint density at radius 2 is 2.00 bits per heavy atom. The Morgan fingerprint density at radius 3 is 2.67 bits per heavy atom. The van der Waals surface area contributed by atoms with Gasteiger partial charge in [0.2, 0.25) is 5.91 Å². The average Bonchev–Trinajstić information content (AvgIpc) is 2.95. The van der Waals surface area contributed by atoms with Gasteiger partial charge < -0.3 is 15.0 Å². The topological polar surface area (TPSA) is 58.6 Å². The molecule has 0 radical (unpaired) electrons. The lowest BCUT2D eigenvalue weighted by Gasteiger charge is -2.17. The summed E-state index contributed by atoms with van der Waals surface area (Å²) in [5, 5.41) is 2.93. The van der Waals surface area contributed by atoms with Crippen LogP contribution in [-0.4, -0.2) is 31.5 Å². The highest BCUT2D eigenvalue weighted by atomic mass is 79.9. The van der Waals surface area contributed by atoms with E-state index in [1.54, 1.807) is 24.1 Å². The zero-order chi connectivity index (χ0) is 17.1. The van der Waals surface area contributed by atoms with E-state index in [0.717, 1.165) is 15.9 Å². The number of amides is 2. The zero-order valence-corrected chi connectivity index (χ0v) is 14.7. The molecular formula is C18H17BrN2O3. The van der Waals surface area contributed by atoms with E-state index in [1.807, 2.05) is 36.4 Å². The van der Waals surface area contributed by atoms with Crippen molar-refractivity contribution in [2.24, 2.45) is 0 Å². The average molecular weight is 389 g/mol. The zero-order valence-electron chi connectivity index (χ0n) is 13.2. The second-order valence-electron chi connectivity index (χ2n) is 5.59. The van der Waals surface area contributed by atoms with Crippen LogP contribution in [0.25, 0.3) is 0 Å². The van der Waals surface area contributed by atoms with Gasteiger partial charge in [-0.15, -0.1) is 0 Å². The van der Waals surface area contributed by atoms with Gasteiger partial charge in [0, 0.05) is 28.7 Å². The van der Waals surface area contributed by atoms with Crippen molar-refractivity contribution in [3.05, 3.63) is 58.6 Å². The first-order valence-corrected chi connectivity index (χ1v) is 8.37. The Balaban J connectivity index is 1.67. The third-order valence-corrected chi connectivity index (χ3v) is 4.42. The molecule has 2 aromatic rings. The maximum absolute atomic E-state index is 12.3. The summed E-state index contributed by atoms with van der Waals surface area (Å²) in [7, 11) is 1.60.